The minimum Gasteiger partial charge on any atom is -0.345 e. The normalized spacial score (nSPS) is 12.3. The van der Waals surface area contributed by atoms with Crippen LogP contribution >= 0.6 is 27.7 Å². The molecule has 2 rings (SSSR count). The lowest BCUT2D eigenvalue weighted by Gasteiger charge is -2.07. The summed E-state index contributed by atoms with van der Waals surface area (Å²) in [5.41, 5.74) is -3.08. The first-order chi connectivity index (χ1) is 6.97. The molecule has 1 aromatic heterocycles. The molecular weight excluding hydrogens is 293 g/mol. The first kappa shape index (κ1) is 10.8. The highest BCUT2D eigenvalue weighted by Gasteiger charge is 2.30. The fourth-order valence-corrected chi connectivity index (χ4v) is 2.42. The van der Waals surface area contributed by atoms with Gasteiger partial charge in [0, 0.05) is 4.90 Å². The number of H-pyrrole nitrogens is 1. The maximum Gasteiger partial charge on any atom is 0.446 e. The quantitative estimate of drug-likeness (QED) is 0.808. The monoisotopic (exact) mass is 296 g/mol. The third-order valence-corrected chi connectivity index (χ3v) is 3.58. The Hall–Kier alpha value is -0.690. The van der Waals surface area contributed by atoms with Crippen molar-refractivity contribution in [3.8, 4) is 0 Å². The highest BCUT2D eigenvalue weighted by molar-refractivity contribution is 9.10. The topological polar surface area (TPSA) is 28.7 Å². The van der Waals surface area contributed by atoms with Crippen molar-refractivity contribution in [2.45, 2.75) is 10.4 Å². The Labute approximate surface area is 95.4 Å². The molecule has 0 aliphatic carbocycles. The van der Waals surface area contributed by atoms with Crippen LogP contribution in [0.5, 0.6) is 0 Å². The maximum atomic E-state index is 12.2. The number of alkyl halides is 3. The smallest absolute Gasteiger partial charge is 0.345 e. The van der Waals surface area contributed by atoms with Crippen LogP contribution in [0.25, 0.3) is 11.0 Å². The number of aromatic amines is 1. The molecule has 0 fully saturated rings. The van der Waals surface area contributed by atoms with Gasteiger partial charge in [-0.15, -0.1) is 0 Å². The number of halogens is 4. The molecule has 15 heavy (non-hydrogen) atoms. The number of benzene rings is 1. The molecule has 0 bridgehead atoms. The fraction of sp³-hybridized carbons (Fsp3) is 0.125. The van der Waals surface area contributed by atoms with E-state index in [9.17, 15) is 13.2 Å². The van der Waals surface area contributed by atoms with Gasteiger partial charge in [0.05, 0.1) is 16.3 Å². The Kier molecular flexibility index (Phi) is 2.68. The van der Waals surface area contributed by atoms with Gasteiger partial charge in [-0.3, -0.25) is 0 Å². The van der Waals surface area contributed by atoms with Crippen molar-refractivity contribution < 1.29 is 13.2 Å². The Bertz CT molecular complexity index is 494. The molecule has 0 aliphatic rings. The van der Waals surface area contributed by atoms with E-state index in [1.54, 1.807) is 6.07 Å². The summed E-state index contributed by atoms with van der Waals surface area (Å²) in [6.07, 6.45) is 1.44. The molecule has 0 atom stereocenters. The standard InChI is InChI=1S/C8H4BrF3N2S/c9-6-5(15-8(10,11)12)2-1-4-7(6)14-3-13-4/h1-3H,(H,13,14). The van der Waals surface area contributed by atoms with Crippen LogP contribution in [0.2, 0.25) is 0 Å². The van der Waals surface area contributed by atoms with Gasteiger partial charge in [0.2, 0.25) is 0 Å². The number of imidazole rings is 1. The van der Waals surface area contributed by atoms with E-state index in [1.165, 1.54) is 12.4 Å². The van der Waals surface area contributed by atoms with E-state index < -0.39 is 5.51 Å². The van der Waals surface area contributed by atoms with Gasteiger partial charge in [-0.25, -0.2) is 4.98 Å². The molecule has 0 unspecified atom stereocenters. The van der Waals surface area contributed by atoms with Crippen molar-refractivity contribution in [3.05, 3.63) is 22.9 Å². The molecule has 0 radical (unpaired) electrons. The Balaban J connectivity index is 2.48. The lowest BCUT2D eigenvalue weighted by molar-refractivity contribution is -0.0328. The number of fused-ring (bicyclic) bond motifs is 1. The molecule has 1 N–H and O–H groups in total. The number of thioether (sulfide) groups is 1. The molecule has 0 saturated heterocycles. The number of aromatic nitrogens is 2. The Morgan fingerprint density at radius 1 is 1.33 bits per heavy atom. The second kappa shape index (κ2) is 3.71. The number of hydrogen-bond donors (Lipinski definition) is 1. The summed E-state index contributed by atoms with van der Waals surface area (Å²) in [5.74, 6) is 0. The van der Waals surface area contributed by atoms with Crippen LogP contribution in [0.4, 0.5) is 13.2 Å². The van der Waals surface area contributed by atoms with Crippen LogP contribution in [0.1, 0.15) is 0 Å². The summed E-state index contributed by atoms with van der Waals surface area (Å²) in [7, 11) is 0. The Morgan fingerprint density at radius 3 is 2.73 bits per heavy atom. The zero-order chi connectivity index (χ0) is 11.1. The predicted molar refractivity (Wildman–Crippen MR) is 55.7 cm³/mol. The van der Waals surface area contributed by atoms with Crippen LogP contribution in [0.15, 0.2) is 27.8 Å². The van der Waals surface area contributed by atoms with Gasteiger partial charge >= 0.3 is 5.51 Å². The minimum absolute atomic E-state index is 0.113. The van der Waals surface area contributed by atoms with Gasteiger partial charge in [-0.2, -0.15) is 13.2 Å². The molecule has 80 valence electrons. The average molecular weight is 297 g/mol. The van der Waals surface area contributed by atoms with Crippen molar-refractivity contribution in [1.82, 2.24) is 9.97 Å². The minimum atomic E-state index is -4.29. The van der Waals surface area contributed by atoms with Gasteiger partial charge in [-0.1, -0.05) is 0 Å². The largest absolute Gasteiger partial charge is 0.446 e. The van der Waals surface area contributed by atoms with Gasteiger partial charge in [0.15, 0.2) is 0 Å². The third-order valence-electron chi connectivity index (χ3n) is 1.72. The first-order valence-electron chi connectivity index (χ1n) is 3.85. The van der Waals surface area contributed by atoms with Crippen molar-refractivity contribution in [2.24, 2.45) is 0 Å². The number of nitrogens with zero attached hydrogens (tertiary/aromatic N) is 1. The van der Waals surface area contributed by atoms with Gasteiger partial charge < -0.3 is 4.98 Å². The second-order valence-corrected chi connectivity index (χ2v) is 4.62. The highest BCUT2D eigenvalue weighted by atomic mass is 79.9. The maximum absolute atomic E-state index is 12.2. The molecule has 0 spiro atoms. The summed E-state index contributed by atoms with van der Waals surface area (Å²) in [6, 6.07) is 2.98. The lowest BCUT2D eigenvalue weighted by atomic mass is 10.3. The van der Waals surface area contributed by atoms with Crippen LogP contribution in [0, 0.1) is 0 Å². The lowest BCUT2D eigenvalue weighted by Crippen LogP contribution is -1.99. The summed E-state index contributed by atoms with van der Waals surface area (Å²) in [6.45, 7) is 0. The molecule has 7 heteroatoms. The highest BCUT2D eigenvalue weighted by Crippen LogP contribution is 2.42. The first-order valence-corrected chi connectivity index (χ1v) is 5.45. The van der Waals surface area contributed by atoms with E-state index in [1.807, 2.05) is 0 Å². The number of rotatable bonds is 1. The molecule has 1 heterocycles. The molecule has 0 amide bonds. The van der Waals surface area contributed by atoms with E-state index in [0.29, 0.717) is 15.5 Å². The van der Waals surface area contributed by atoms with E-state index in [-0.39, 0.29) is 16.7 Å². The zero-order valence-corrected chi connectivity index (χ0v) is 9.50. The van der Waals surface area contributed by atoms with E-state index in [2.05, 4.69) is 25.9 Å². The summed E-state index contributed by atoms with van der Waals surface area (Å²) < 4.78 is 36.8. The SMILES string of the molecule is FC(F)(F)Sc1ccc2[nH]cnc2c1Br. The van der Waals surface area contributed by atoms with Gasteiger partial charge in [0.1, 0.15) is 5.52 Å². The molecule has 2 nitrogen and oxygen atoms in total. The van der Waals surface area contributed by atoms with Crippen molar-refractivity contribution in [2.75, 3.05) is 0 Å². The van der Waals surface area contributed by atoms with Gasteiger partial charge in [-0.05, 0) is 39.8 Å². The van der Waals surface area contributed by atoms with E-state index in [0.717, 1.165) is 0 Å². The summed E-state index contributed by atoms with van der Waals surface area (Å²) >= 11 is 2.96. The molecule has 0 saturated carbocycles. The van der Waals surface area contributed by atoms with Crippen LogP contribution in [0.3, 0.4) is 0 Å². The van der Waals surface area contributed by atoms with E-state index in [4.69, 9.17) is 0 Å². The fourth-order valence-electron chi connectivity index (χ4n) is 1.16. The Morgan fingerprint density at radius 2 is 2.07 bits per heavy atom. The number of nitrogens with one attached hydrogen (secondary N) is 1. The third kappa shape index (κ3) is 2.28. The predicted octanol–water partition coefficient (Wildman–Crippen LogP) is 3.94. The molecule has 2 aromatic rings. The summed E-state index contributed by atoms with van der Waals surface area (Å²) in [5, 5.41) is 0. The van der Waals surface area contributed by atoms with Crippen molar-refractivity contribution in [1.29, 1.82) is 0 Å². The number of hydrogen-bond acceptors (Lipinski definition) is 2. The van der Waals surface area contributed by atoms with Crippen molar-refractivity contribution in [3.63, 3.8) is 0 Å². The molecule has 0 aliphatic heterocycles. The zero-order valence-electron chi connectivity index (χ0n) is 7.10. The average Bonchev–Trinajstić information content (AvgIpc) is 2.56. The molecule has 1 aromatic carbocycles. The summed E-state index contributed by atoms with van der Waals surface area (Å²) in [4.78, 5) is 6.86. The second-order valence-electron chi connectivity index (χ2n) is 2.72. The van der Waals surface area contributed by atoms with Gasteiger partial charge in [0.25, 0.3) is 0 Å². The van der Waals surface area contributed by atoms with E-state index >= 15 is 0 Å². The van der Waals surface area contributed by atoms with Crippen molar-refractivity contribution >= 4 is 38.7 Å². The molecular formula is C8H4BrF3N2S. The van der Waals surface area contributed by atoms with Crippen LogP contribution in [-0.2, 0) is 0 Å². The van der Waals surface area contributed by atoms with Crippen LogP contribution < -0.4 is 0 Å². The van der Waals surface area contributed by atoms with Crippen LogP contribution in [-0.4, -0.2) is 15.5 Å².